The first-order valence-corrected chi connectivity index (χ1v) is 14.3. The number of pyridine rings is 1. The molecule has 4 rings (SSSR count). The molecule has 0 saturated heterocycles. The summed E-state index contributed by atoms with van der Waals surface area (Å²) in [6.45, 7) is 1.52. The lowest BCUT2D eigenvalue weighted by atomic mass is 10.2. The van der Waals surface area contributed by atoms with Crippen molar-refractivity contribution >= 4 is 57.5 Å². The number of carbonyl (C=O) groups is 1. The molecule has 1 N–H and O–H groups in total. The largest absolute Gasteiger partial charge is 0.417 e. The Hall–Kier alpha value is -3.53. The molecule has 0 saturated carbocycles. The summed E-state index contributed by atoms with van der Waals surface area (Å²) in [4.78, 5) is 21.2. The summed E-state index contributed by atoms with van der Waals surface area (Å²) >= 11 is 12.4. The van der Waals surface area contributed by atoms with Gasteiger partial charge in [-0.05, 0) is 61.5 Å². The van der Waals surface area contributed by atoms with Crippen LogP contribution in [0.5, 0.6) is 5.75 Å². The molecule has 0 atom stereocenters. The molecular formula is C26H19Cl3F6N4O4S. The molecule has 0 fully saturated rings. The summed E-state index contributed by atoms with van der Waals surface area (Å²) in [5, 5.41) is 2.85. The van der Waals surface area contributed by atoms with Crippen molar-refractivity contribution in [3.8, 4) is 22.8 Å². The van der Waals surface area contributed by atoms with E-state index in [0.717, 1.165) is 12.1 Å². The van der Waals surface area contributed by atoms with Crippen LogP contribution >= 0.6 is 35.6 Å². The number of nitrogens with zero attached hydrogens (tertiary/aromatic N) is 3. The van der Waals surface area contributed by atoms with Crippen molar-refractivity contribution in [3.63, 3.8) is 0 Å². The lowest BCUT2D eigenvalue weighted by Gasteiger charge is -2.13. The highest BCUT2D eigenvalue weighted by atomic mass is 35.5. The number of rotatable bonds is 8. The number of carbonyl (C=O) groups excluding carboxylic acids is 1. The minimum absolute atomic E-state index is 0. The molecule has 0 radical (unpaired) electrons. The van der Waals surface area contributed by atoms with E-state index < -0.39 is 46.1 Å². The summed E-state index contributed by atoms with van der Waals surface area (Å²) in [6.07, 6.45) is -10.3. The van der Waals surface area contributed by atoms with E-state index in [2.05, 4.69) is 15.3 Å². The molecule has 0 spiro atoms. The smallest absolute Gasteiger partial charge is 0.382 e. The molecule has 18 heteroatoms. The maximum absolute atomic E-state index is 13.2. The third-order valence-corrected chi connectivity index (χ3v) is 7.48. The van der Waals surface area contributed by atoms with Crippen molar-refractivity contribution < 1.29 is 43.7 Å². The maximum Gasteiger partial charge on any atom is 0.417 e. The number of imidazole rings is 1. The Morgan fingerprint density at radius 1 is 1.00 bits per heavy atom. The normalized spacial score (nSPS) is 12.0. The van der Waals surface area contributed by atoms with E-state index in [9.17, 15) is 39.6 Å². The first-order chi connectivity index (χ1) is 19.9. The Labute approximate surface area is 262 Å². The second-order valence-corrected chi connectivity index (χ2v) is 11.5. The van der Waals surface area contributed by atoms with Gasteiger partial charge in [-0.1, -0.05) is 23.2 Å². The van der Waals surface area contributed by atoms with Crippen LogP contribution in [0.1, 0.15) is 28.2 Å². The van der Waals surface area contributed by atoms with Crippen molar-refractivity contribution in [1.29, 1.82) is 0 Å². The molecule has 44 heavy (non-hydrogen) atoms. The van der Waals surface area contributed by atoms with Crippen LogP contribution in [0.4, 0.5) is 32.2 Å². The number of anilines is 1. The van der Waals surface area contributed by atoms with E-state index in [1.54, 1.807) is 0 Å². The van der Waals surface area contributed by atoms with Crippen LogP contribution < -0.4 is 9.50 Å². The third kappa shape index (κ3) is 8.55. The molecule has 2 aromatic heterocycles. The van der Waals surface area contributed by atoms with Crippen LogP contribution in [-0.2, 0) is 16.3 Å². The van der Waals surface area contributed by atoms with Gasteiger partial charge in [-0.25, -0.2) is 9.97 Å². The summed E-state index contributed by atoms with van der Waals surface area (Å²) in [7, 11) is -4.55. The topological polar surface area (TPSA) is 103 Å². The highest BCUT2D eigenvalue weighted by molar-refractivity contribution is 7.87. The van der Waals surface area contributed by atoms with E-state index in [0.29, 0.717) is 22.5 Å². The van der Waals surface area contributed by atoms with Crippen molar-refractivity contribution in [3.05, 3.63) is 87.8 Å². The van der Waals surface area contributed by atoms with E-state index >= 15 is 0 Å². The average molecular weight is 704 g/mol. The molecule has 1 amide bonds. The fourth-order valence-electron chi connectivity index (χ4n) is 3.77. The Kier molecular flexibility index (Phi) is 10.5. The molecular weight excluding hydrogens is 685 g/mol. The van der Waals surface area contributed by atoms with E-state index in [4.69, 9.17) is 27.4 Å². The lowest BCUT2D eigenvalue weighted by molar-refractivity contribution is -0.137. The lowest BCUT2D eigenvalue weighted by Crippen LogP contribution is -2.20. The fraction of sp³-hybridized carbons (Fsp3) is 0.192. The zero-order valence-corrected chi connectivity index (χ0v) is 25.1. The Morgan fingerprint density at radius 3 is 2.20 bits per heavy atom. The Morgan fingerprint density at radius 2 is 1.66 bits per heavy atom. The summed E-state index contributed by atoms with van der Waals surface area (Å²) < 4.78 is 106. The molecule has 0 aliphatic heterocycles. The maximum atomic E-state index is 13.2. The Bertz CT molecular complexity index is 1760. The zero-order valence-electron chi connectivity index (χ0n) is 22.0. The Balaban J connectivity index is 0.00000529. The molecule has 0 aliphatic carbocycles. The SMILES string of the molecule is Cc1c(C(=O)Nc2ccc(C(F)(F)F)cn2)nc(-c2ccc(Cl)cc2Cl)n1-c1ccc(OS(=O)(=O)CCC(F)(F)F)cc1.Cl. The first kappa shape index (κ1) is 35.0. The van der Waals surface area contributed by atoms with Crippen molar-refractivity contribution in [2.75, 3.05) is 11.1 Å². The molecule has 0 bridgehead atoms. The van der Waals surface area contributed by atoms with E-state index in [1.807, 2.05) is 0 Å². The predicted octanol–water partition coefficient (Wildman–Crippen LogP) is 7.90. The highest BCUT2D eigenvalue weighted by Crippen LogP contribution is 2.34. The van der Waals surface area contributed by atoms with Crippen LogP contribution in [0.25, 0.3) is 17.1 Å². The summed E-state index contributed by atoms with van der Waals surface area (Å²) in [6, 6.07) is 11.3. The molecule has 2 heterocycles. The van der Waals surface area contributed by atoms with Gasteiger partial charge < -0.3 is 9.50 Å². The number of hydrogen-bond donors (Lipinski definition) is 1. The van der Waals surface area contributed by atoms with Gasteiger partial charge in [0.2, 0.25) is 0 Å². The van der Waals surface area contributed by atoms with Gasteiger partial charge in [0.15, 0.2) is 5.69 Å². The monoisotopic (exact) mass is 702 g/mol. The van der Waals surface area contributed by atoms with Gasteiger partial charge in [-0.3, -0.25) is 9.36 Å². The van der Waals surface area contributed by atoms with Gasteiger partial charge in [0.25, 0.3) is 5.91 Å². The van der Waals surface area contributed by atoms with Crippen LogP contribution in [0.2, 0.25) is 10.0 Å². The van der Waals surface area contributed by atoms with Gasteiger partial charge in [0, 0.05) is 22.5 Å². The average Bonchev–Trinajstić information content (AvgIpc) is 3.24. The van der Waals surface area contributed by atoms with E-state index in [1.165, 1.54) is 54.0 Å². The number of nitrogens with one attached hydrogen (secondary N) is 1. The van der Waals surface area contributed by atoms with Gasteiger partial charge in [-0.2, -0.15) is 34.8 Å². The van der Waals surface area contributed by atoms with Crippen LogP contribution in [0.15, 0.2) is 60.8 Å². The number of benzene rings is 2. The van der Waals surface area contributed by atoms with Crippen LogP contribution in [-0.4, -0.2) is 40.8 Å². The number of aromatic nitrogens is 3. The molecule has 8 nitrogen and oxygen atoms in total. The van der Waals surface area contributed by atoms with E-state index in [-0.39, 0.29) is 46.2 Å². The minimum atomic E-state index is -4.69. The molecule has 4 aromatic rings. The third-order valence-electron chi connectivity index (χ3n) is 5.78. The van der Waals surface area contributed by atoms with Crippen molar-refractivity contribution in [2.45, 2.75) is 25.7 Å². The van der Waals surface area contributed by atoms with Gasteiger partial charge >= 0.3 is 22.5 Å². The van der Waals surface area contributed by atoms with Gasteiger partial charge in [-0.15, -0.1) is 12.4 Å². The van der Waals surface area contributed by atoms with Crippen molar-refractivity contribution in [1.82, 2.24) is 14.5 Å². The molecule has 0 aliphatic rings. The van der Waals surface area contributed by atoms with Crippen LogP contribution in [0.3, 0.4) is 0 Å². The number of halogens is 9. The number of alkyl halides is 6. The zero-order chi connectivity index (χ0) is 31.7. The minimum Gasteiger partial charge on any atom is -0.382 e. The van der Waals surface area contributed by atoms with Gasteiger partial charge in [0.05, 0.1) is 28.5 Å². The number of hydrogen-bond acceptors (Lipinski definition) is 6. The van der Waals surface area contributed by atoms with Gasteiger partial charge in [0.1, 0.15) is 17.4 Å². The number of amides is 1. The summed E-state index contributed by atoms with van der Waals surface area (Å²) in [5.41, 5.74) is -0.283. The standard InChI is InChI=1S/C26H18Cl2F6N4O4S.ClH/c1-14-22(24(39)36-21-9-2-15(13-35-21)26(32,33)34)37-23(19-8-3-16(27)12-20(19)28)38(14)17-4-6-18(7-5-17)42-43(40,41)11-10-25(29,30)31;/h2-9,12-13H,10-11H2,1H3,(H,35,36,39);1H. The second kappa shape index (κ2) is 13.2. The van der Waals surface area contributed by atoms with Crippen LogP contribution in [0, 0.1) is 6.92 Å². The predicted molar refractivity (Wildman–Crippen MR) is 153 cm³/mol. The quantitative estimate of drug-likeness (QED) is 0.148. The highest BCUT2D eigenvalue weighted by Gasteiger charge is 2.32. The molecule has 2 aromatic carbocycles. The summed E-state index contributed by atoms with van der Waals surface area (Å²) in [5.74, 6) is -2.39. The molecule has 236 valence electrons. The second-order valence-electron chi connectivity index (χ2n) is 8.92. The van der Waals surface area contributed by atoms with Crippen molar-refractivity contribution in [2.24, 2.45) is 0 Å². The molecule has 0 unspecified atom stereocenters. The first-order valence-electron chi connectivity index (χ1n) is 11.9. The fourth-order valence-corrected chi connectivity index (χ4v) is 5.24.